The molecule has 2 aromatic carbocycles. The molecule has 30 heavy (non-hydrogen) atoms. The first kappa shape index (κ1) is 19.4. The Labute approximate surface area is 180 Å². The zero-order chi connectivity index (χ0) is 21.0. The van der Waals surface area contributed by atoms with Gasteiger partial charge in [-0.1, -0.05) is 65.8 Å². The third-order valence-electron chi connectivity index (χ3n) is 6.94. The summed E-state index contributed by atoms with van der Waals surface area (Å²) in [5.41, 5.74) is 9.79. The number of fused-ring (bicyclic) bond motifs is 4. The van der Waals surface area contributed by atoms with Gasteiger partial charge in [0.2, 0.25) is 0 Å². The standard InChI is InChI=1S/C28H31NO/c1-17-8-6-9-19(14-17)22-15-20-10-7-11-24(30-5)26(20)21-12-13-23-25(27(21)22)18(2)16-28(3,4)29-23/h6-14,16,22-23,25,29H,15H2,1-5H3. The smallest absolute Gasteiger partial charge is 0.126 e. The lowest BCUT2D eigenvalue weighted by molar-refractivity contribution is 0.350. The first-order chi connectivity index (χ1) is 14.4. The molecular weight excluding hydrogens is 366 g/mol. The maximum absolute atomic E-state index is 5.82. The molecule has 0 saturated carbocycles. The van der Waals surface area contributed by atoms with Gasteiger partial charge < -0.3 is 10.1 Å². The maximum atomic E-state index is 5.82. The fraction of sp³-hybridized carbons (Fsp3) is 0.357. The molecule has 1 heterocycles. The van der Waals surface area contributed by atoms with Crippen LogP contribution in [0.25, 0.3) is 5.57 Å². The fourth-order valence-corrected chi connectivity index (χ4v) is 5.93. The van der Waals surface area contributed by atoms with Crippen molar-refractivity contribution in [2.24, 2.45) is 5.92 Å². The zero-order valence-electron chi connectivity index (χ0n) is 18.6. The number of nitrogens with one attached hydrogen (secondary N) is 1. The summed E-state index contributed by atoms with van der Waals surface area (Å²) in [6.45, 7) is 9.04. The quantitative estimate of drug-likeness (QED) is 0.630. The van der Waals surface area contributed by atoms with Crippen LogP contribution in [0.15, 0.2) is 71.8 Å². The van der Waals surface area contributed by atoms with Gasteiger partial charge in [-0.2, -0.15) is 0 Å². The second kappa shape index (κ2) is 6.99. The summed E-state index contributed by atoms with van der Waals surface area (Å²) in [6.07, 6.45) is 8.16. The van der Waals surface area contributed by atoms with E-state index in [-0.39, 0.29) is 5.54 Å². The predicted octanol–water partition coefficient (Wildman–Crippen LogP) is 5.98. The molecule has 3 aliphatic rings. The number of allylic oxidation sites excluding steroid dienone is 2. The van der Waals surface area contributed by atoms with Gasteiger partial charge in [-0.05, 0) is 62.5 Å². The average Bonchev–Trinajstić information content (AvgIpc) is 2.71. The SMILES string of the molecule is COc1cccc2c1C1=C(C(c3cccc(C)c3)C2)C2C(C)=CC(C)(C)NC2C=C1. The molecule has 5 rings (SSSR count). The van der Waals surface area contributed by atoms with Crippen LogP contribution in [0, 0.1) is 12.8 Å². The van der Waals surface area contributed by atoms with Gasteiger partial charge in [-0.3, -0.25) is 0 Å². The molecule has 0 bridgehead atoms. The van der Waals surface area contributed by atoms with Crippen LogP contribution in [0.3, 0.4) is 0 Å². The molecule has 1 aliphatic heterocycles. The molecule has 0 amide bonds. The van der Waals surface area contributed by atoms with Crippen molar-refractivity contribution in [3.05, 3.63) is 94.1 Å². The van der Waals surface area contributed by atoms with E-state index in [9.17, 15) is 0 Å². The van der Waals surface area contributed by atoms with Gasteiger partial charge in [-0.25, -0.2) is 0 Å². The van der Waals surface area contributed by atoms with Gasteiger partial charge in [-0.15, -0.1) is 0 Å². The van der Waals surface area contributed by atoms with Gasteiger partial charge in [0.15, 0.2) is 0 Å². The van der Waals surface area contributed by atoms with Crippen molar-refractivity contribution in [3.63, 3.8) is 0 Å². The molecule has 0 spiro atoms. The van der Waals surface area contributed by atoms with Crippen molar-refractivity contribution >= 4 is 5.57 Å². The second-order valence-electron chi connectivity index (χ2n) is 9.65. The van der Waals surface area contributed by atoms with Crippen LogP contribution in [0.5, 0.6) is 5.75 Å². The van der Waals surface area contributed by atoms with E-state index >= 15 is 0 Å². The lowest BCUT2D eigenvalue weighted by Gasteiger charge is -2.46. The molecule has 154 valence electrons. The number of benzene rings is 2. The highest BCUT2D eigenvalue weighted by Gasteiger charge is 2.42. The van der Waals surface area contributed by atoms with Crippen molar-refractivity contribution in [3.8, 4) is 5.75 Å². The lowest BCUT2D eigenvalue weighted by atomic mass is 9.64. The summed E-state index contributed by atoms with van der Waals surface area (Å²) < 4.78 is 5.82. The van der Waals surface area contributed by atoms with Crippen LogP contribution in [-0.2, 0) is 6.42 Å². The zero-order valence-corrected chi connectivity index (χ0v) is 18.6. The maximum Gasteiger partial charge on any atom is 0.126 e. The minimum atomic E-state index is 0.0107. The van der Waals surface area contributed by atoms with Crippen molar-refractivity contribution in [2.75, 3.05) is 7.11 Å². The van der Waals surface area contributed by atoms with E-state index < -0.39 is 0 Å². The third-order valence-corrected chi connectivity index (χ3v) is 6.94. The highest BCUT2D eigenvalue weighted by Crippen LogP contribution is 2.52. The van der Waals surface area contributed by atoms with Crippen LogP contribution >= 0.6 is 0 Å². The topological polar surface area (TPSA) is 21.3 Å². The number of rotatable bonds is 2. The average molecular weight is 398 g/mol. The van der Waals surface area contributed by atoms with E-state index in [2.05, 4.69) is 93.7 Å². The molecule has 3 atom stereocenters. The molecule has 2 nitrogen and oxygen atoms in total. The number of methoxy groups -OCH3 is 1. The molecule has 2 aromatic rings. The predicted molar refractivity (Wildman–Crippen MR) is 125 cm³/mol. The Hall–Kier alpha value is -2.58. The van der Waals surface area contributed by atoms with Crippen LogP contribution < -0.4 is 10.1 Å². The number of hydrogen-bond donors (Lipinski definition) is 1. The molecule has 1 N–H and O–H groups in total. The van der Waals surface area contributed by atoms with Crippen molar-refractivity contribution in [2.45, 2.75) is 51.6 Å². The fourth-order valence-electron chi connectivity index (χ4n) is 5.93. The molecular formula is C28H31NO. The van der Waals surface area contributed by atoms with Crippen LogP contribution in [0.2, 0.25) is 0 Å². The Morgan fingerprint density at radius 3 is 2.63 bits per heavy atom. The summed E-state index contributed by atoms with van der Waals surface area (Å²) in [5.74, 6) is 1.74. The van der Waals surface area contributed by atoms with Crippen LogP contribution in [0.4, 0.5) is 0 Å². The van der Waals surface area contributed by atoms with E-state index in [1.807, 2.05) is 0 Å². The molecule has 0 saturated heterocycles. The van der Waals surface area contributed by atoms with Gasteiger partial charge in [0.1, 0.15) is 5.75 Å². The minimum absolute atomic E-state index is 0.0107. The second-order valence-corrected chi connectivity index (χ2v) is 9.65. The Balaban J connectivity index is 1.77. The Morgan fingerprint density at radius 1 is 1.07 bits per heavy atom. The normalized spacial score (nSPS) is 26.4. The number of hydrogen-bond acceptors (Lipinski definition) is 2. The summed E-state index contributed by atoms with van der Waals surface area (Å²) in [4.78, 5) is 0. The van der Waals surface area contributed by atoms with E-state index in [1.165, 1.54) is 33.4 Å². The van der Waals surface area contributed by atoms with Gasteiger partial charge >= 0.3 is 0 Å². The summed E-state index contributed by atoms with van der Waals surface area (Å²) in [5, 5.41) is 3.87. The van der Waals surface area contributed by atoms with Gasteiger partial charge in [0.05, 0.1) is 7.11 Å². The number of ether oxygens (including phenoxy) is 1. The number of aryl methyl sites for hydroxylation is 1. The monoisotopic (exact) mass is 397 g/mol. The van der Waals surface area contributed by atoms with Crippen LogP contribution in [0.1, 0.15) is 48.9 Å². The minimum Gasteiger partial charge on any atom is -0.496 e. The van der Waals surface area contributed by atoms with Gasteiger partial charge in [0, 0.05) is 29.0 Å². The van der Waals surface area contributed by atoms with E-state index in [0.717, 1.165) is 12.2 Å². The molecule has 2 aliphatic carbocycles. The third kappa shape index (κ3) is 3.06. The Bertz CT molecular complexity index is 1100. The largest absolute Gasteiger partial charge is 0.496 e. The first-order valence-electron chi connectivity index (χ1n) is 11.0. The molecule has 0 fully saturated rings. The molecule has 3 unspecified atom stereocenters. The van der Waals surface area contributed by atoms with Crippen molar-refractivity contribution < 1.29 is 4.74 Å². The van der Waals surface area contributed by atoms with Crippen molar-refractivity contribution in [1.29, 1.82) is 0 Å². The Kier molecular flexibility index (Phi) is 4.52. The summed E-state index contributed by atoms with van der Waals surface area (Å²) in [6, 6.07) is 15.9. The van der Waals surface area contributed by atoms with Gasteiger partial charge in [0.25, 0.3) is 0 Å². The highest BCUT2D eigenvalue weighted by molar-refractivity contribution is 5.87. The van der Waals surface area contributed by atoms with Crippen molar-refractivity contribution in [1.82, 2.24) is 5.32 Å². The Morgan fingerprint density at radius 2 is 1.87 bits per heavy atom. The highest BCUT2D eigenvalue weighted by atomic mass is 16.5. The first-order valence-corrected chi connectivity index (χ1v) is 11.0. The molecule has 0 aromatic heterocycles. The van der Waals surface area contributed by atoms with E-state index in [4.69, 9.17) is 4.74 Å². The lowest BCUT2D eigenvalue weighted by Crippen LogP contribution is -2.53. The van der Waals surface area contributed by atoms with E-state index in [1.54, 1.807) is 12.7 Å². The summed E-state index contributed by atoms with van der Waals surface area (Å²) >= 11 is 0. The molecule has 2 heteroatoms. The van der Waals surface area contributed by atoms with E-state index in [0.29, 0.717) is 17.9 Å². The summed E-state index contributed by atoms with van der Waals surface area (Å²) in [7, 11) is 1.79. The van der Waals surface area contributed by atoms with Crippen LogP contribution in [-0.4, -0.2) is 18.7 Å². The molecule has 0 radical (unpaired) electrons.